The molecule has 0 aliphatic carbocycles. The third kappa shape index (κ3) is 5.26. The van der Waals surface area contributed by atoms with E-state index in [1.807, 2.05) is 26.0 Å². The number of para-hydroxylation sites is 1. The van der Waals surface area contributed by atoms with Gasteiger partial charge in [-0.25, -0.2) is 0 Å². The zero-order valence-corrected chi connectivity index (χ0v) is 15.1. The Morgan fingerprint density at radius 2 is 1.84 bits per heavy atom. The van der Waals surface area contributed by atoms with Crippen molar-refractivity contribution in [2.75, 3.05) is 5.32 Å². The van der Waals surface area contributed by atoms with Gasteiger partial charge in [0.2, 0.25) is 5.91 Å². The highest BCUT2D eigenvalue weighted by atomic mass is 32.2. The number of carbonyl (C=O) groups is 1. The van der Waals surface area contributed by atoms with Gasteiger partial charge in [-0.1, -0.05) is 35.9 Å². The molecule has 0 heterocycles. The standard InChI is InChI=1S/C19H20F3NOS/c1-12-8-9-13(2)15(10-12)11-25-14(3)18(24)23-17-7-5-4-6-16(17)19(20,21)22/h4-10,14H,11H2,1-3H3,(H,23,24). The molecule has 0 bridgehead atoms. The average molecular weight is 367 g/mol. The maximum absolute atomic E-state index is 13.0. The molecule has 1 amide bonds. The summed E-state index contributed by atoms with van der Waals surface area (Å²) in [7, 11) is 0. The summed E-state index contributed by atoms with van der Waals surface area (Å²) in [6.45, 7) is 5.69. The van der Waals surface area contributed by atoms with Crippen LogP contribution in [0.15, 0.2) is 42.5 Å². The number of alkyl halides is 3. The van der Waals surface area contributed by atoms with E-state index in [1.54, 1.807) is 6.92 Å². The highest BCUT2D eigenvalue weighted by Gasteiger charge is 2.33. The summed E-state index contributed by atoms with van der Waals surface area (Å²) in [5, 5.41) is 1.93. The highest BCUT2D eigenvalue weighted by molar-refractivity contribution is 7.99. The summed E-state index contributed by atoms with van der Waals surface area (Å²) in [4.78, 5) is 12.3. The minimum Gasteiger partial charge on any atom is -0.325 e. The van der Waals surface area contributed by atoms with E-state index in [0.717, 1.165) is 22.8 Å². The van der Waals surface area contributed by atoms with Gasteiger partial charge in [-0.2, -0.15) is 13.2 Å². The van der Waals surface area contributed by atoms with Crippen LogP contribution in [0.25, 0.3) is 0 Å². The van der Waals surface area contributed by atoms with Crippen molar-refractivity contribution in [1.29, 1.82) is 0 Å². The monoisotopic (exact) mass is 367 g/mol. The van der Waals surface area contributed by atoms with Crippen molar-refractivity contribution >= 4 is 23.4 Å². The van der Waals surface area contributed by atoms with Crippen molar-refractivity contribution in [3.8, 4) is 0 Å². The van der Waals surface area contributed by atoms with Crippen LogP contribution in [-0.2, 0) is 16.7 Å². The van der Waals surface area contributed by atoms with Crippen LogP contribution in [0.5, 0.6) is 0 Å². The fraction of sp³-hybridized carbons (Fsp3) is 0.316. The van der Waals surface area contributed by atoms with E-state index in [9.17, 15) is 18.0 Å². The molecule has 1 unspecified atom stereocenters. The number of halogens is 3. The number of thioether (sulfide) groups is 1. The van der Waals surface area contributed by atoms with E-state index in [1.165, 1.54) is 30.0 Å². The van der Waals surface area contributed by atoms with Gasteiger partial charge in [0.1, 0.15) is 0 Å². The van der Waals surface area contributed by atoms with E-state index in [0.29, 0.717) is 5.75 Å². The SMILES string of the molecule is Cc1ccc(C)c(CSC(C)C(=O)Nc2ccccc2C(F)(F)F)c1. The molecule has 6 heteroatoms. The lowest BCUT2D eigenvalue weighted by atomic mass is 10.1. The van der Waals surface area contributed by atoms with Crippen molar-refractivity contribution < 1.29 is 18.0 Å². The molecule has 2 rings (SSSR count). The molecule has 0 spiro atoms. The molecule has 2 aromatic carbocycles. The van der Waals surface area contributed by atoms with Crippen LogP contribution in [-0.4, -0.2) is 11.2 Å². The third-order valence-corrected chi connectivity index (χ3v) is 5.04. The van der Waals surface area contributed by atoms with Crippen molar-refractivity contribution in [1.82, 2.24) is 0 Å². The number of aryl methyl sites for hydroxylation is 2. The summed E-state index contributed by atoms with van der Waals surface area (Å²) >= 11 is 1.40. The van der Waals surface area contributed by atoms with Crippen LogP contribution in [0.2, 0.25) is 0 Å². The maximum Gasteiger partial charge on any atom is 0.418 e. The van der Waals surface area contributed by atoms with E-state index >= 15 is 0 Å². The average Bonchev–Trinajstić information content (AvgIpc) is 2.54. The topological polar surface area (TPSA) is 29.1 Å². The van der Waals surface area contributed by atoms with Gasteiger partial charge in [-0.05, 0) is 44.0 Å². The van der Waals surface area contributed by atoms with Crippen molar-refractivity contribution in [2.45, 2.75) is 38.0 Å². The molecule has 1 N–H and O–H groups in total. The largest absolute Gasteiger partial charge is 0.418 e. The molecule has 0 fully saturated rings. The molecular weight excluding hydrogens is 347 g/mol. The Kier molecular flexibility index (Phi) is 6.16. The van der Waals surface area contributed by atoms with Gasteiger partial charge in [0.05, 0.1) is 16.5 Å². The van der Waals surface area contributed by atoms with E-state index in [2.05, 4.69) is 11.4 Å². The zero-order valence-electron chi connectivity index (χ0n) is 14.3. The van der Waals surface area contributed by atoms with E-state index in [4.69, 9.17) is 0 Å². The number of anilines is 1. The predicted molar refractivity (Wildman–Crippen MR) is 96.7 cm³/mol. The minimum atomic E-state index is -4.50. The number of carbonyl (C=O) groups excluding carboxylic acids is 1. The summed E-state index contributed by atoms with van der Waals surface area (Å²) in [5.74, 6) is 0.190. The number of amides is 1. The molecule has 0 aliphatic rings. The van der Waals surface area contributed by atoms with Crippen LogP contribution >= 0.6 is 11.8 Å². The van der Waals surface area contributed by atoms with Crippen LogP contribution in [0.4, 0.5) is 18.9 Å². The first-order chi connectivity index (χ1) is 11.7. The predicted octanol–water partition coefficient (Wildman–Crippen LogP) is 5.58. The molecule has 134 valence electrons. The smallest absolute Gasteiger partial charge is 0.325 e. The Morgan fingerprint density at radius 3 is 2.52 bits per heavy atom. The molecule has 25 heavy (non-hydrogen) atoms. The molecular formula is C19H20F3NOS. The Balaban J connectivity index is 2.03. The summed E-state index contributed by atoms with van der Waals surface area (Å²) < 4.78 is 39.0. The van der Waals surface area contributed by atoms with Crippen LogP contribution in [0.3, 0.4) is 0 Å². The second-order valence-electron chi connectivity index (χ2n) is 5.92. The van der Waals surface area contributed by atoms with Gasteiger partial charge in [0, 0.05) is 5.75 Å². The summed E-state index contributed by atoms with van der Waals surface area (Å²) in [6, 6.07) is 11.1. The molecule has 0 radical (unpaired) electrons. The lowest BCUT2D eigenvalue weighted by Gasteiger charge is -2.16. The maximum atomic E-state index is 13.0. The van der Waals surface area contributed by atoms with Gasteiger partial charge < -0.3 is 5.32 Å². The van der Waals surface area contributed by atoms with E-state index in [-0.39, 0.29) is 5.69 Å². The number of hydrogen-bond acceptors (Lipinski definition) is 2. The number of rotatable bonds is 5. The zero-order chi connectivity index (χ0) is 18.6. The fourth-order valence-electron chi connectivity index (χ4n) is 2.32. The number of hydrogen-bond donors (Lipinski definition) is 1. The Hall–Kier alpha value is -1.95. The fourth-order valence-corrected chi connectivity index (χ4v) is 3.27. The summed E-state index contributed by atoms with van der Waals surface area (Å²) in [5.41, 5.74) is 2.35. The third-order valence-electron chi connectivity index (χ3n) is 3.85. The number of benzene rings is 2. The molecule has 2 aromatic rings. The first-order valence-corrected chi connectivity index (χ1v) is 8.88. The van der Waals surface area contributed by atoms with Crippen LogP contribution in [0.1, 0.15) is 29.2 Å². The second kappa shape index (κ2) is 7.95. The first-order valence-electron chi connectivity index (χ1n) is 7.83. The Morgan fingerprint density at radius 1 is 1.16 bits per heavy atom. The molecule has 0 saturated heterocycles. The Bertz CT molecular complexity index is 759. The molecule has 0 aromatic heterocycles. The quantitative estimate of drug-likeness (QED) is 0.747. The van der Waals surface area contributed by atoms with Gasteiger partial charge in [-0.3, -0.25) is 4.79 Å². The Labute approximate surface area is 149 Å². The highest BCUT2D eigenvalue weighted by Crippen LogP contribution is 2.35. The first kappa shape index (κ1) is 19.4. The van der Waals surface area contributed by atoms with Crippen molar-refractivity contribution in [2.24, 2.45) is 0 Å². The van der Waals surface area contributed by atoms with Gasteiger partial charge in [-0.15, -0.1) is 11.8 Å². The molecule has 1 atom stereocenters. The van der Waals surface area contributed by atoms with Crippen molar-refractivity contribution in [3.05, 3.63) is 64.7 Å². The normalized spacial score (nSPS) is 12.7. The molecule has 2 nitrogen and oxygen atoms in total. The van der Waals surface area contributed by atoms with Crippen molar-refractivity contribution in [3.63, 3.8) is 0 Å². The molecule has 0 aliphatic heterocycles. The van der Waals surface area contributed by atoms with Gasteiger partial charge in [0.25, 0.3) is 0 Å². The van der Waals surface area contributed by atoms with Gasteiger partial charge in [0.15, 0.2) is 0 Å². The van der Waals surface area contributed by atoms with Crippen LogP contribution < -0.4 is 5.32 Å². The van der Waals surface area contributed by atoms with Crippen LogP contribution in [0, 0.1) is 13.8 Å². The lowest BCUT2D eigenvalue weighted by Crippen LogP contribution is -2.24. The second-order valence-corrected chi connectivity index (χ2v) is 7.24. The van der Waals surface area contributed by atoms with E-state index < -0.39 is 22.9 Å². The molecule has 0 saturated carbocycles. The minimum absolute atomic E-state index is 0.209. The van der Waals surface area contributed by atoms with Gasteiger partial charge >= 0.3 is 6.18 Å². The number of nitrogens with one attached hydrogen (secondary N) is 1. The lowest BCUT2D eigenvalue weighted by molar-refractivity contribution is -0.137. The summed E-state index contributed by atoms with van der Waals surface area (Å²) in [6.07, 6.45) is -4.50.